The molecule has 0 unspecified atom stereocenters. The second-order valence-electron chi connectivity index (χ2n) is 4.47. The van der Waals surface area contributed by atoms with E-state index in [-0.39, 0.29) is 5.91 Å². The molecule has 0 aliphatic carbocycles. The first-order chi connectivity index (χ1) is 9.70. The van der Waals surface area contributed by atoms with Crippen LogP contribution in [-0.4, -0.2) is 25.7 Å². The molecule has 6 nitrogen and oxygen atoms in total. The first-order valence-electron chi connectivity index (χ1n) is 6.23. The van der Waals surface area contributed by atoms with Gasteiger partial charge in [0.1, 0.15) is 11.3 Å². The van der Waals surface area contributed by atoms with Crippen LogP contribution in [0.2, 0.25) is 0 Å². The van der Waals surface area contributed by atoms with Crippen LogP contribution >= 0.6 is 11.3 Å². The van der Waals surface area contributed by atoms with E-state index in [2.05, 4.69) is 20.6 Å². The lowest BCUT2D eigenvalue weighted by Crippen LogP contribution is -2.12. The molecule has 0 bridgehead atoms. The van der Waals surface area contributed by atoms with Gasteiger partial charge < -0.3 is 5.32 Å². The van der Waals surface area contributed by atoms with Crippen LogP contribution < -0.4 is 5.32 Å². The van der Waals surface area contributed by atoms with Gasteiger partial charge in [-0.2, -0.15) is 9.61 Å². The van der Waals surface area contributed by atoms with Gasteiger partial charge in [-0.15, -0.1) is 10.2 Å². The van der Waals surface area contributed by atoms with Gasteiger partial charge in [-0.3, -0.25) is 4.79 Å². The lowest BCUT2D eigenvalue weighted by molar-refractivity contribution is -0.116. The quantitative estimate of drug-likeness (QED) is 0.797. The van der Waals surface area contributed by atoms with E-state index in [1.165, 1.54) is 16.9 Å². The van der Waals surface area contributed by atoms with Crippen LogP contribution in [0.15, 0.2) is 30.6 Å². The third-order valence-electron chi connectivity index (χ3n) is 2.83. The normalized spacial score (nSPS) is 10.8. The number of aryl methyl sites for hydroxylation is 2. The third kappa shape index (κ3) is 2.83. The van der Waals surface area contributed by atoms with Gasteiger partial charge in [0.05, 0.1) is 0 Å². The molecule has 0 fully saturated rings. The Morgan fingerprint density at radius 1 is 1.35 bits per heavy atom. The summed E-state index contributed by atoms with van der Waals surface area (Å²) in [5.41, 5.74) is 1.99. The molecule has 0 spiro atoms. The molecule has 1 aromatic carbocycles. The van der Waals surface area contributed by atoms with Crippen molar-refractivity contribution < 1.29 is 4.79 Å². The lowest BCUT2D eigenvalue weighted by atomic mass is 10.2. The second-order valence-corrected chi connectivity index (χ2v) is 5.51. The third-order valence-corrected chi connectivity index (χ3v) is 3.80. The Bertz CT molecular complexity index is 702. The highest BCUT2D eigenvalue weighted by atomic mass is 32.1. The van der Waals surface area contributed by atoms with Gasteiger partial charge in [-0.25, -0.2) is 0 Å². The van der Waals surface area contributed by atoms with Crippen LogP contribution in [-0.2, 0) is 11.2 Å². The van der Waals surface area contributed by atoms with E-state index in [9.17, 15) is 4.79 Å². The number of nitrogens with zero attached hydrogens (tertiary/aromatic N) is 4. The topological polar surface area (TPSA) is 72.2 Å². The molecule has 7 heteroatoms. The molecular formula is C13H13N5OS. The molecule has 2 aromatic heterocycles. The van der Waals surface area contributed by atoms with E-state index in [0.29, 0.717) is 12.8 Å². The van der Waals surface area contributed by atoms with E-state index in [0.717, 1.165) is 15.7 Å². The van der Waals surface area contributed by atoms with Crippen LogP contribution in [0.5, 0.6) is 0 Å². The molecule has 0 aliphatic heterocycles. The van der Waals surface area contributed by atoms with Crippen molar-refractivity contribution in [2.75, 3.05) is 5.32 Å². The fourth-order valence-corrected chi connectivity index (χ4v) is 2.60. The largest absolute Gasteiger partial charge is 0.326 e. The van der Waals surface area contributed by atoms with E-state index >= 15 is 0 Å². The van der Waals surface area contributed by atoms with Crippen molar-refractivity contribution in [1.82, 2.24) is 19.8 Å². The lowest BCUT2D eigenvalue weighted by Gasteiger charge is -2.04. The molecule has 0 saturated carbocycles. The van der Waals surface area contributed by atoms with Crippen LogP contribution in [0.1, 0.15) is 17.0 Å². The SMILES string of the molecule is Cc1ccc(NC(=O)CCc2nn3cnnc3s2)cc1. The number of amides is 1. The predicted octanol–water partition coefficient (Wildman–Crippen LogP) is 2.07. The van der Waals surface area contributed by atoms with Crippen molar-refractivity contribution in [3.8, 4) is 0 Å². The number of anilines is 1. The average molecular weight is 287 g/mol. The van der Waals surface area contributed by atoms with E-state index in [1.807, 2.05) is 31.2 Å². The standard InChI is InChI=1S/C13H13N5OS/c1-9-2-4-10(5-3-9)15-11(19)6-7-12-17-18-8-14-16-13(18)20-12/h2-5,8H,6-7H2,1H3,(H,15,19). The van der Waals surface area contributed by atoms with E-state index in [1.54, 1.807) is 10.8 Å². The Labute approximate surface area is 119 Å². The number of hydrogen-bond acceptors (Lipinski definition) is 5. The molecule has 0 atom stereocenters. The summed E-state index contributed by atoms with van der Waals surface area (Å²) in [6.45, 7) is 2.01. The summed E-state index contributed by atoms with van der Waals surface area (Å²) in [7, 11) is 0. The molecule has 0 aliphatic rings. The predicted molar refractivity (Wildman–Crippen MR) is 76.8 cm³/mol. The van der Waals surface area contributed by atoms with Gasteiger partial charge in [-0.05, 0) is 19.1 Å². The summed E-state index contributed by atoms with van der Waals surface area (Å²) in [4.78, 5) is 12.6. The van der Waals surface area contributed by atoms with Gasteiger partial charge in [0.25, 0.3) is 0 Å². The fraction of sp³-hybridized carbons (Fsp3) is 0.231. The second kappa shape index (κ2) is 5.38. The number of fused-ring (bicyclic) bond motifs is 1. The van der Waals surface area contributed by atoms with Crippen LogP contribution in [0.25, 0.3) is 4.96 Å². The van der Waals surface area contributed by atoms with Gasteiger partial charge in [0.2, 0.25) is 10.9 Å². The summed E-state index contributed by atoms with van der Waals surface area (Å²) < 4.78 is 1.62. The number of rotatable bonds is 4. The average Bonchev–Trinajstić information content (AvgIpc) is 3.00. The maximum absolute atomic E-state index is 11.9. The summed E-state index contributed by atoms with van der Waals surface area (Å²) in [5, 5.41) is 15.7. The zero-order chi connectivity index (χ0) is 13.9. The molecule has 3 rings (SSSR count). The summed E-state index contributed by atoms with van der Waals surface area (Å²) in [6, 6.07) is 7.74. The maximum atomic E-state index is 11.9. The van der Waals surface area contributed by atoms with Crippen LogP contribution in [0.3, 0.4) is 0 Å². The molecule has 102 valence electrons. The van der Waals surface area contributed by atoms with Gasteiger partial charge in [-0.1, -0.05) is 29.0 Å². The zero-order valence-electron chi connectivity index (χ0n) is 10.9. The van der Waals surface area contributed by atoms with Crippen LogP contribution in [0.4, 0.5) is 5.69 Å². The molecule has 0 saturated heterocycles. The molecule has 1 N–H and O–H groups in total. The highest BCUT2D eigenvalue weighted by Gasteiger charge is 2.08. The Hall–Kier alpha value is -2.28. The Morgan fingerprint density at radius 3 is 2.90 bits per heavy atom. The summed E-state index contributed by atoms with van der Waals surface area (Å²) >= 11 is 1.45. The first kappa shape index (κ1) is 12.7. The highest BCUT2D eigenvalue weighted by molar-refractivity contribution is 7.16. The Kier molecular flexibility index (Phi) is 3.42. The number of benzene rings is 1. The van der Waals surface area contributed by atoms with Crippen molar-refractivity contribution in [2.45, 2.75) is 19.8 Å². The van der Waals surface area contributed by atoms with Gasteiger partial charge >= 0.3 is 0 Å². The minimum Gasteiger partial charge on any atom is -0.326 e. The van der Waals surface area contributed by atoms with Gasteiger partial charge in [0.15, 0.2) is 0 Å². The van der Waals surface area contributed by atoms with E-state index in [4.69, 9.17) is 0 Å². The maximum Gasteiger partial charge on any atom is 0.234 e. The molecule has 0 radical (unpaired) electrons. The summed E-state index contributed by atoms with van der Waals surface area (Å²) in [6.07, 6.45) is 2.56. The molecule has 1 amide bonds. The monoisotopic (exact) mass is 287 g/mol. The van der Waals surface area contributed by atoms with Crippen molar-refractivity contribution in [1.29, 1.82) is 0 Å². The Balaban J connectivity index is 1.56. The van der Waals surface area contributed by atoms with Crippen molar-refractivity contribution in [3.05, 3.63) is 41.2 Å². The van der Waals surface area contributed by atoms with E-state index < -0.39 is 0 Å². The number of carbonyl (C=O) groups is 1. The van der Waals surface area contributed by atoms with Crippen molar-refractivity contribution in [2.24, 2.45) is 0 Å². The Morgan fingerprint density at radius 2 is 2.15 bits per heavy atom. The van der Waals surface area contributed by atoms with Crippen molar-refractivity contribution >= 4 is 27.9 Å². The van der Waals surface area contributed by atoms with Crippen LogP contribution in [0, 0.1) is 6.92 Å². The van der Waals surface area contributed by atoms with Crippen molar-refractivity contribution in [3.63, 3.8) is 0 Å². The fourth-order valence-electron chi connectivity index (χ4n) is 1.78. The molecular weight excluding hydrogens is 274 g/mol. The number of carbonyl (C=O) groups excluding carboxylic acids is 1. The van der Waals surface area contributed by atoms with Gasteiger partial charge in [0, 0.05) is 18.5 Å². The minimum atomic E-state index is -0.0141. The highest BCUT2D eigenvalue weighted by Crippen LogP contribution is 2.14. The summed E-state index contributed by atoms with van der Waals surface area (Å²) in [5.74, 6) is -0.0141. The number of aromatic nitrogens is 4. The smallest absolute Gasteiger partial charge is 0.234 e. The zero-order valence-corrected chi connectivity index (χ0v) is 11.7. The minimum absolute atomic E-state index is 0.0141. The molecule has 2 heterocycles. The molecule has 20 heavy (non-hydrogen) atoms. The molecule has 3 aromatic rings. The number of hydrogen-bond donors (Lipinski definition) is 1. The first-order valence-corrected chi connectivity index (χ1v) is 7.04. The number of nitrogens with one attached hydrogen (secondary N) is 1.